The van der Waals surface area contributed by atoms with Crippen LogP contribution in [0.3, 0.4) is 0 Å². The summed E-state index contributed by atoms with van der Waals surface area (Å²) >= 11 is 7.75. The van der Waals surface area contributed by atoms with Crippen molar-refractivity contribution < 1.29 is 9.53 Å². The maximum Gasteiger partial charge on any atom is 0.264 e. The molecule has 0 bridgehead atoms. The number of amides is 1. The molecule has 0 saturated carbocycles. The van der Waals surface area contributed by atoms with Crippen molar-refractivity contribution in [2.45, 2.75) is 44.1 Å². The highest BCUT2D eigenvalue weighted by atomic mass is 35.5. The second-order valence-electron chi connectivity index (χ2n) is 6.99. The van der Waals surface area contributed by atoms with Crippen LogP contribution >= 0.6 is 23.4 Å². The Morgan fingerprint density at radius 1 is 1.20 bits per heavy atom. The molecule has 3 rings (SSSR count). The first-order valence-electron chi connectivity index (χ1n) is 9.80. The average Bonchev–Trinajstić information content (AvgIpc) is 3.13. The van der Waals surface area contributed by atoms with Crippen LogP contribution in [0.25, 0.3) is 0 Å². The number of thioether (sulfide) groups is 1. The van der Waals surface area contributed by atoms with Gasteiger partial charge in [0.1, 0.15) is 5.75 Å². The summed E-state index contributed by atoms with van der Waals surface area (Å²) in [5.41, 5.74) is 2.19. The zero-order valence-corrected chi connectivity index (χ0v) is 18.8. The monoisotopic (exact) mass is 444 g/mol. The lowest BCUT2D eigenvalue weighted by molar-refractivity contribution is -0.118. The number of nitrogens with one attached hydrogen (secondary N) is 1. The Morgan fingerprint density at radius 2 is 2.00 bits per heavy atom. The number of nitrogens with zero attached hydrogens (tertiary/aromatic N) is 3. The lowest BCUT2D eigenvalue weighted by Crippen LogP contribution is -2.22. The standard InChI is InChI=1S/C22H25ClN4O2S/c1-4-27-21(25-26-22(27)30-14-17-8-5-6-11-19(17)23)24-20(28)13-29-18-10-7-9-16(12-18)15(2)3/h5-12,15H,4,13-14H2,1-3H3,(H,24,25,28). The second-order valence-corrected chi connectivity index (χ2v) is 8.34. The molecule has 1 N–H and O–H groups in total. The van der Waals surface area contributed by atoms with Crippen molar-refractivity contribution in [3.63, 3.8) is 0 Å². The van der Waals surface area contributed by atoms with Crippen LogP contribution < -0.4 is 10.1 Å². The number of aromatic nitrogens is 3. The van der Waals surface area contributed by atoms with Gasteiger partial charge in [-0.1, -0.05) is 67.5 Å². The van der Waals surface area contributed by atoms with Crippen LogP contribution in [-0.2, 0) is 17.1 Å². The van der Waals surface area contributed by atoms with Gasteiger partial charge in [-0.05, 0) is 42.2 Å². The molecule has 8 heteroatoms. The molecule has 0 spiro atoms. The first-order valence-corrected chi connectivity index (χ1v) is 11.2. The van der Waals surface area contributed by atoms with Gasteiger partial charge < -0.3 is 4.74 Å². The maximum atomic E-state index is 12.4. The van der Waals surface area contributed by atoms with Crippen molar-refractivity contribution in [1.29, 1.82) is 0 Å². The highest BCUT2D eigenvalue weighted by Crippen LogP contribution is 2.27. The molecule has 1 heterocycles. The number of benzene rings is 2. The van der Waals surface area contributed by atoms with Crippen molar-refractivity contribution in [3.8, 4) is 5.75 Å². The van der Waals surface area contributed by atoms with Gasteiger partial charge in [0.2, 0.25) is 5.95 Å². The molecule has 0 aliphatic rings. The summed E-state index contributed by atoms with van der Waals surface area (Å²) in [6.45, 7) is 6.74. The van der Waals surface area contributed by atoms with E-state index in [1.54, 1.807) is 0 Å². The Labute approximate surface area is 186 Å². The van der Waals surface area contributed by atoms with Gasteiger partial charge in [0.25, 0.3) is 5.91 Å². The summed E-state index contributed by atoms with van der Waals surface area (Å²) in [6.07, 6.45) is 0. The van der Waals surface area contributed by atoms with Crippen LogP contribution in [0.4, 0.5) is 5.95 Å². The summed E-state index contributed by atoms with van der Waals surface area (Å²) < 4.78 is 7.50. The fraction of sp³-hybridized carbons (Fsp3) is 0.318. The Hall–Kier alpha value is -2.51. The van der Waals surface area contributed by atoms with E-state index in [0.717, 1.165) is 15.7 Å². The summed E-state index contributed by atoms with van der Waals surface area (Å²) in [6, 6.07) is 15.5. The van der Waals surface area contributed by atoms with Crippen LogP contribution in [0.1, 0.15) is 37.8 Å². The summed E-state index contributed by atoms with van der Waals surface area (Å²) in [7, 11) is 0. The van der Waals surface area contributed by atoms with Gasteiger partial charge >= 0.3 is 0 Å². The fourth-order valence-corrected chi connectivity index (χ4v) is 4.09. The lowest BCUT2D eigenvalue weighted by Gasteiger charge is -2.11. The van der Waals surface area contributed by atoms with E-state index in [4.69, 9.17) is 16.3 Å². The lowest BCUT2D eigenvalue weighted by atomic mass is 10.0. The number of carbonyl (C=O) groups is 1. The molecule has 6 nitrogen and oxygen atoms in total. The largest absolute Gasteiger partial charge is 0.484 e. The predicted molar refractivity (Wildman–Crippen MR) is 121 cm³/mol. The zero-order chi connectivity index (χ0) is 21.5. The van der Waals surface area contributed by atoms with Gasteiger partial charge in [0, 0.05) is 17.3 Å². The topological polar surface area (TPSA) is 69.0 Å². The third-order valence-electron chi connectivity index (χ3n) is 4.49. The number of rotatable bonds is 9. The number of hydrogen-bond donors (Lipinski definition) is 1. The van der Waals surface area contributed by atoms with E-state index in [2.05, 4.69) is 29.4 Å². The number of carbonyl (C=O) groups excluding carboxylic acids is 1. The normalized spacial score (nSPS) is 11.0. The average molecular weight is 445 g/mol. The van der Waals surface area contributed by atoms with E-state index in [1.807, 2.05) is 60.0 Å². The highest BCUT2D eigenvalue weighted by Gasteiger charge is 2.15. The van der Waals surface area contributed by atoms with Gasteiger partial charge in [-0.2, -0.15) is 0 Å². The summed E-state index contributed by atoms with van der Waals surface area (Å²) in [5, 5.41) is 12.6. The Morgan fingerprint density at radius 3 is 2.73 bits per heavy atom. The Kier molecular flexibility index (Phi) is 7.76. The molecule has 0 unspecified atom stereocenters. The molecule has 30 heavy (non-hydrogen) atoms. The Balaban J connectivity index is 1.59. The van der Waals surface area contributed by atoms with Crippen LogP contribution in [0.5, 0.6) is 5.75 Å². The Bertz CT molecular complexity index is 1010. The van der Waals surface area contributed by atoms with Crippen LogP contribution in [0.15, 0.2) is 53.7 Å². The van der Waals surface area contributed by atoms with Crippen LogP contribution in [-0.4, -0.2) is 27.3 Å². The van der Waals surface area contributed by atoms with Crippen molar-refractivity contribution in [3.05, 3.63) is 64.7 Å². The van der Waals surface area contributed by atoms with Crippen LogP contribution in [0.2, 0.25) is 5.02 Å². The van der Waals surface area contributed by atoms with E-state index >= 15 is 0 Å². The molecule has 2 aromatic carbocycles. The van der Waals surface area contributed by atoms with E-state index < -0.39 is 0 Å². The molecule has 0 fully saturated rings. The van der Waals surface area contributed by atoms with Crippen LogP contribution in [0, 0.1) is 0 Å². The maximum absolute atomic E-state index is 12.4. The molecule has 0 saturated heterocycles. The first kappa shape index (κ1) is 22.2. The quantitative estimate of drug-likeness (QED) is 0.448. The number of ether oxygens (including phenoxy) is 1. The third-order valence-corrected chi connectivity index (χ3v) is 5.88. The molecule has 0 radical (unpaired) electrons. The molecule has 158 valence electrons. The van der Waals surface area contributed by atoms with Gasteiger partial charge in [-0.15, -0.1) is 10.2 Å². The van der Waals surface area contributed by atoms with E-state index in [-0.39, 0.29) is 12.5 Å². The number of hydrogen-bond acceptors (Lipinski definition) is 5. The molecule has 0 aliphatic carbocycles. The van der Waals surface area contributed by atoms with Gasteiger partial charge in [0.05, 0.1) is 0 Å². The second kappa shape index (κ2) is 10.5. The van der Waals surface area contributed by atoms with Crippen molar-refractivity contribution in [2.75, 3.05) is 11.9 Å². The SMILES string of the molecule is CCn1c(NC(=O)COc2cccc(C(C)C)c2)nnc1SCc1ccccc1Cl. The van der Waals surface area contributed by atoms with E-state index in [0.29, 0.717) is 29.9 Å². The number of halogens is 1. The minimum atomic E-state index is -0.283. The fourth-order valence-electron chi connectivity index (χ4n) is 2.80. The van der Waals surface area contributed by atoms with Gasteiger partial charge in [0.15, 0.2) is 11.8 Å². The highest BCUT2D eigenvalue weighted by molar-refractivity contribution is 7.98. The first-order chi connectivity index (χ1) is 14.5. The van der Waals surface area contributed by atoms with Crippen molar-refractivity contribution in [2.24, 2.45) is 0 Å². The van der Waals surface area contributed by atoms with Crippen molar-refractivity contribution in [1.82, 2.24) is 14.8 Å². The smallest absolute Gasteiger partial charge is 0.264 e. The summed E-state index contributed by atoms with van der Waals surface area (Å²) in [4.78, 5) is 12.4. The third kappa shape index (κ3) is 5.77. The molecule has 1 aromatic heterocycles. The van der Waals surface area contributed by atoms with E-state index in [9.17, 15) is 4.79 Å². The molecule has 1 amide bonds. The van der Waals surface area contributed by atoms with Gasteiger partial charge in [-0.3, -0.25) is 14.7 Å². The molecule has 0 aliphatic heterocycles. The summed E-state index contributed by atoms with van der Waals surface area (Å²) in [5.74, 6) is 1.86. The van der Waals surface area contributed by atoms with Crippen molar-refractivity contribution >= 4 is 35.2 Å². The molecular weight excluding hydrogens is 420 g/mol. The molecule has 0 atom stereocenters. The minimum Gasteiger partial charge on any atom is -0.484 e. The van der Waals surface area contributed by atoms with Gasteiger partial charge in [-0.25, -0.2) is 0 Å². The predicted octanol–water partition coefficient (Wildman–Crippen LogP) is 5.38. The molecule has 3 aromatic rings. The van der Waals surface area contributed by atoms with E-state index in [1.165, 1.54) is 17.3 Å². The molecular formula is C22H25ClN4O2S. The number of anilines is 1. The minimum absolute atomic E-state index is 0.0970. The zero-order valence-electron chi connectivity index (χ0n) is 17.3.